The van der Waals surface area contributed by atoms with Gasteiger partial charge < -0.3 is 9.88 Å². The minimum absolute atomic E-state index is 0.645. The van der Waals surface area contributed by atoms with Crippen molar-refractivity contribution in [2.24, 2.45) is 5.92 Å². The van der Waals surface area contributed by atoms with E-state index in [-0.39, 0.29) is 0 Å². The molecule has 1 fully saturated rings. The summed E-state index contributed by atoms with van der Waals surface area (Å²) in [6.07, 6.45) is 7.43. The Morgan fingerprint density at radius 3 is 3.27 bits per heavy atom. The van der Waals surface area contributed by atoms with Crippen molar-refractivity contribution in [3.05, 3.63) is 17.7 Å². The number of nitrogens with one attached hydrogen (secondary N) is 1. The van der Waals surface area contributed by atoms with Gasteiger partial charge >= 0.3 is 0 Å². The van der Waals surface area contributed by atoms with E-state index in [1.165, 1.54) is 30.7 Å². The molecule has 1 aromatic heterocycles. The number of nitrogens with zero attached hydrogens (tertiary/aromatic N) is 2. The first-order valence-corrected chi connectivity index (χ1v) is 6.10. The minimum atomic E-state index is 0.645. The Balaban J connectivity index is 1.80. The van der Waals surface area contributed by atoms with E-state index in [9.17, 15) is 0 Å². The van der Waals surface area contributed by atoms with Crippen LogP contribution in [0.15, 0.2) is 6.33 Å². The molecule has 1 saturated carbocycles. The third-order valence-corrected chi connectivity index (χ3v) is 3.66. The van der Waals surface area contributed by atoms with Crippen molar-refractivity contribution in [1.29, 1.82) is 0 Å². The number of rotatable bonds is 3. The molecule has 15 heavy (non-hydrogen) atoms. The summed E-state index contributed by atoms with van der Waals surface area (Å²) in [5.41, 5.74) is 2.74. The number of hydrogen-bond donors (Lipinski definition) is 1. The molecule has 1 atom stereocenters. The van der Waals surface area contributed by atoms with Gasteiger partial charge in [0.1, 0.15) is 0 Å². The second-order valence-electron chi connectivity index (χ2n) is 5.00. The fraction of sp³-hybridized carbons (Fsp3) is 0.750. The van der Waals surface area contributed by atoms with Gasteiger partial charge in [-0.2, -0.15) is 0 Å². The number of imidazole rings is 1. The summed E-state index contributed by atoms with van der Waals surface area (Å²) in [5.74, 6) is 1.000. The van der Waals surface area contributed by atoms with Gasteiger partial charge in [0.05, 0.1) is 12.0 Å². The standard InChI is InChI=1S/C12H19N3/c1-9(6-10-2-3-10)15-8-14-11-7-13-5-4-12(11)15/h8-10,13H,2-7H2,1H3. The van der Waals surface area contributed by atoms with E-state index < -0.39 is 0 Å². The molecule has 1 aromatic rings. The molecule has 1 N–H and O–H groups in total. The minimum Gasteiger partial charge on any atom is -0.331 e. The molecule has 0 saturated heterocycles. The van der Waals surface area contributed by atoms with Crippen LogP contribution in [0.25, 0.3) is 0 Å². The van der Waals surface area contributed by atoms with Crippen LogP contribution in [0.3, 0.4) is 0 Å². The van der Waals surface area contributed by atoms with E-state index in [1.807, 2.05) is 6.33 Å². The summed E-state index contributed by atoms with van der Waals surface area (Å²) in [6.45, 7) is 4.40. The van der Waals surface area contributed by atoms with E-state index in [4.69, 9.17) is 0 Å². The average Bonchev–Trinajstić information content (AvgIpc) is 2.96. The average molecular weight is 205 g/mol. The van der Waals surface area contributed by atoms with E-state index in [0.717, 1.165) is 25.4 Å². The second-order valence-corrected chi connectivity index (χ2v) is 5.00. The largest absolute Gasteiger partial charge is 0.331 e. The van der Waals surface area contributed by atoms with Gasteiger partial charge in [-0.3, -0.25) is 0 Å². The van der Waals surface area contributed by atoms with Crippen LogP contribution in [-0.4, -0.2) is 16.1 Å². The van der Waals surface area contributed by atoms with Crippen molar-refractivity contribution in [2.45, 2.75) is 45.2 Å². The molecule has 0 aromatic carbocycles. The van der Waals surface area contributed by atoms with Crippen LogP contribution >= 0.6 is 0 Å². The van der Waals surface area contributed by atoms with Crippen LogP contribution < -0.4 is 5.32 Å². The molecule has 3 nitrogen and oxygen atoms in total. The summed E-state index contributed by atoms with van der Waals surface area (Å²) in [6, 6.07) is 0.645. The topological polar surface area (TPSA) is 29.9 Å². The molecule has 0 amide bonds. The summed E-state index contributed by atoms with van der Waals surface area (Å²) in [4.78, 5) is 4.51. The van der Waals surface area contributed by atoms with Gasteiger partial charge in [-0.25, -0.2) is 4.98 Å². The number of aromatic nitrogens is 2. The maximum atomic E-state index is 4.51. The molecule has 0 spiro atoms. The van der Waals surface area contributed by atoms with E-state index in [1.54, 1.807) is 0 Å². The molecule has 0 radical (unpaired) electrons. The highest BCUT2D eigenvalue weighted by Crippen LogP contribution is 2.37. The van der Waals surface area contributed by atoms with Gasteiger partial charge in [-0.15, -0.1) is 0 Å². The Hall–Kier alpha value is -0.830. The van der Waals surface area contributed by atoms with Crippen molar-refractivity contribution in [3.63, 3.8) is 0 Å². The first-order chi connectivity index (χ1) is 7.34. The Bertz CT molecular complexity index is 352. The van der Waals surface area contributed by atoms with Gasteiger partial charge in [0.25, 0.3) is 0 Å². The SMILES string of the molecule is CC(CC1CC1)n1cnc2c1CCNC2. The van der Waals surface area contributed by atoms with Crippen LogP contribution in [0.1, 0.15) is 43.6 Å². The van der Waals surface area contributed by atoms with Crippen LogP contribution in [0.2, 0.25) is 0 Å². The van der Waals surface area contributed by atoms with Gasteiger partial charge in [0, 0.05) is 31.2 Å². The second kappa shape index (κ2) is 3.63. The maximum absolute atomic E-state index is 4.51. The first kappa shape index (κ1) is 9.40. The predicted molar refractivity (Wildman–Crippen MR) is 59.7 cm³/mol. The quantitative estimate of drug-likeness (QED) is 0.816. The zero-order valence-electron chi connectivity index (χ0n) is 9.37. The molecule has 3 heteroatoms. The molecule has 2 aliphatic rings. The summed E-state index contributed by atoms with van der Waals surface area (Å²) in [7, 11) is 0. The predicted octanol–water partition coefficient (Wildman–Crippen LogP) is 1.89. The normalized spacial score (nSPS) is 22.5. The smallest absolute Gasteiger partial charge is 0.0954 e. The molecule has 82 valence electrons. The third kappa shape index (κ3) is 1.81. The highest BCUT2D eigenvalue weighted by Gasteiger charge is 2.26. The number of fused-ring (bicyclic) bond motifs is 1. The first-order valence-electron chi connectivity index (χ1n) is 6.10. The Morgan fingerprint density at radius 1 is 1.60 bits per heavy atom. The Kier molecular flexibility index (Phi) is 2.28. The van der Waals surface area contributed by atoms with Crippen molar-refractivity contribution < 1.29 is 0 Å². The monoisotopic (exact) mass is 205 g/mol. The van der Waals surface area contributed by atoms with Crippen molar-refractivity contribution in [2.75, 3.05) is 6.54 Å². The molecule has 1 aliphatic heterocycles. The zero-order chi connectivity index (χ0) is 10.3. The lowest BCUT2D eigenvalue weighted by molar-refractivity contribution is 0.455. The van der Waals surface area contributed by atoms with Crippen molar-refractivity contribution in [3.8, 4) is 0 Å². The molecule has 1 aliphatic carbocycles. The van der Waals surface area contributed by atoms with Crippen LogP contribution in [0.5, 0.6) is 0 Å². The summed E-state index contributed by atoms with van der Waals surface area (Å²) >= 11 is 0. The van der Waals surface area contributed by atoms with Crippen molar-refractivity contribution >= 4 is 0 Å². The lowest BCUT2D eigenvalue weighted by Gasteiger charge is -2.19. The summed E-state index contributed by atoms with van der Waals surface area (Å²) < 4.78 is 2.41. The van der Waals surface area contributed by atoms with Crippen LogP contribution in [0, 0.1) is 5.92 Å². The van der Waals surface area contributed by atoms with Gasteiger partial charge in [-0.05, 0) is 19.3 Å². The van der Waals surface area contributed by atoms with Gasteiger partial charge in [-0.1, -0.05) is 12.8 Å². The van der Waals surface area contributed by atoms with E-state index in [0.29, 0.717) is 6.04 Å². The molecule has 1 unspecified atom stereocenters. The zero-order valence-corrected chi connectivity index (χ0v) is 9.37. The Morgan fingerprint density at radius 2 is 2.47 bits per heavy atom. The molecular weight excluding hydrogens is 186 g/mol. The van der Waals surface area contributed by atoms with E-state index >= 15 is 0 Å². The maximum Gasteiger partial charge on any atom is 0.0954 e. The highest BCUT2D eigenvalue weighted by atomic mass is 15.1. The van der Waals surface area contributed by atoms with E-state index in [2.05, 4.69) is 21.8 Å². The highest BCUT2D eigenvalue weighted by molar-refractivity contribution is 5.17. The van der Waals surface area contributed by atoms with Crippen LogP contribution in [0.4, 0.5) is 0 Å². The summed E-state index contributed by atoms with van der Waals surface area (Å²) in [5, 5.41) is 3.37. The fourth-order valence-electron chi connectivity index (χ4n) is 2.59. The van der Waals surface area contributed by atoms with Crippen LogP contribution in [-0.2, 0) is 13.0 Å². The Labute approximate surface area is 90.9 Å². The fourth-order valence-corrected chi connectivity index (χ4v) is 2.59. The molecular formula is C12H19N3. The molecule has 2 heterocycles. The van der Waals surface area contributed by atoms with Gasteiger partial charge in [0.15, 0.2) is 0 Å². The number of hydrogen-bond acceptors (Lipinski definition) is 2. The van der Waals surface area contributed by atoms with Crippen molar-refractivity contribution in [1.82, 2.24) is 14.9 Å². The lowest BCUT2D eigenvalue weighted by atomic mass is 10.1. The molecule has 3 rings (SSSR count). The van der Waals surface area contributed by atoms with Gasteiger partial charge in [0.2, 0.25) is 0 Å². The molecule has 0 bridgehead atoms. The third-order valence-electron chi connectivity index (χ3n) is 3.66. The lowest BCUT2D eigenvalue weighted by Crippen LogP contribution is -2.25.